The van der Waals surface area contributed by atoms with Crippen LogP contribution < -0.4 is 5.32 Å². The van der Waals surface area contributed by atoms with Crippen LogP contribution in [0.3, 0.4) is 0 Å². The molecule has 5 N–H and O–H groups in total. The number of esters is 1. The molecular formula is C38H67N3O9. The van der Waals surface area contributed by atoms with Crippen molar-refractivity contribution in [2.45, 2.75) is 122 Å². The van der Waals surface area contributed by atoms with Gasteiger partial charge in [0.25, 0.3) is 0 Å². The summed E-state index contributed by atoms with van der Waals surface area (Å²) in [6.07, 6.45) is 5.41. The van der Waals surface area contributed by atoms with Crippen molar-refractivity contribution in [2.24, 2.45) is 17.8 Å². The maximum Gasteiger partial charge on any atom is 0.407 e. The molecule has 12 nitrogen and oxygen atoms in total. The Bertz CT molecular complexity index is 1100. The first-order valence-corrected chi connectivity index (χ1v) is 18.4. The number of hydrogen-bond donors (Lipinski definition) is 5. The second-order valence-electron chi connectivity index (χ2n) is 14.8. The second-order valence-corrected chi connectivity index (χ2v) is 14.8. The zero-order valence-corrected chi connectivity index (χ0v) is 31.8. The summed E-state index contributed by atoms with van der Waals surface area (Å²) >= 11 is 0. The van der Waals surface area contributed by atoms with Gasteiger partial charge >= 0.3 is 12.1 Å². The molecule has 12 heteroatoms. The van der Waals surface area contributed by atoms with Crippen molar-refractivity contribution in [1.29, 1.82) is 0 Å². The lowest BCUT2D eigenvalue weighted by molar-refractivity contribution is -0.151. The van der Waals surface area contributed by atoms with E-state index in [-0.39, 0.29) is 43.1 Å². The zero-order valence-electron chi connectivity index (χ0n) is 31.8. The van der Waals surface area contributed by atoms with Gasteiger partial charge in [-0.15, -0.1) is 0 Å². The Balaban J connectivity index is 2.11. The molecule has 0 aromatic carbocycles. The lowest BCUT2D eigenvalue weighted by atomic mass is 9.88. The molecule has 1 saturated heterocycles. The maximum atomic E-state index is 12.8. The van der Waals surface area contributed by atoms with E-state index in [4.69, 9.17) is 14.2 Å². The molecule has 1 amide bonds. The lowest BCUT2D eigenvalue weighted by Gasteiger charge is -2.33. The van der Waals surface area contributed by atoms with Gasteiger partial charge < -0.3 is 49.8 Å². The van der Waals surface area contributed by atoms with Crippen molar-refractivity contribution in [2.75, 3.05) is 53.4 Å². The number of ether oxygens (including phenoxy) is 3. The number of carbonyl (C=O) groups excluding carboxylic acids is 2. The van der Waals surface area contributed by atoms with Gasteiger partial charge in [0.1, 0.15) is 11.7 Å². The van der Waals surface area contributed by atoms with Gasteiger partial charge in [0.15, 0.2) is 6.10 Å². The summed E-state index contributed by atoms with van der Waals surface area (Å²) in [5.74, 6) is -1.22. The second kappa shape index (κ2) is 21.9. The number of methoxy groups -OCH3 is 1. The molecule has 2 aliphatic rings. The van der Waals surface area contributed by atoms with Crippen LogP contribution in [-0.4, -0.2) is 138 Å². The van der Waals surface area contributed by atoms with E-state index < -0.39 is 48.2 Å². The van der Waals surface area contributed by atoms with Crippen LogP contribution in [0.5, 0.6) is 0 Å². The van der Waals surface area contributed by atoms with E-state index in [9.17, 15) is 30.0 Å². The number of allylic oxidation sites excluding steroid dienone is 2. The Morgan fingerprint density at radius 1 is 1.20 bits per heavy atom. The van der Waals surface area contributed by atoms with Gasteiger partial charge in [-0.2, -0.15) is 0 Å². The molecule has 0 spiro atoms. The van der Waals surface area contributed by atoms with E-state index in [2.05, 4.69) is 22.2 Å². The average molecular weight is 710 g/mol. The molecule has 50 heavy (non-hydrogen) atoms. The number of rotatable bonds is 15. The van der Waals surface area contributed by atoms with Gasteiger partial charge in [0.2, 0.25) is 0 Å². The third-order valence-corrected chi connectivity index (χ3v) is 10.2. The summed E-state index contributed by atoms with van der Waals surface area (Å²) < 4.78 is 17.1. The first kappa shape index (κ1) is 43.8. The van der Waals surface area contributed by atoms with Gasteiger partial charge in [-0.25, -0.2) is 4.79 Å². The minimum absolute atomic E-state index is 0.00600. The maximum absolute atomic E-state index is 12.8. The molecule has 2 rings (SSSR count). The summed E-state index contributed by atoms with van der Waals surface area (Å²) in [6.45, 7) is 16.5. The molecule has 0 aromatic heterocycles. The van der Waals surface area contributed by atoms with Crippen LogP contribution in [0.15, 0.2) is 36.0 Å². The first-order valence-electron chi connectivity index (χ1n) is 18.4. The standard InChI is InChI=1S/C38H67N3O9/c1-9-32(48-8)29(5)24-31(43)35(45)26(2)12-10-13-27(3)36-28(4)14-15-33(38(6,47)17-16-30(42)25-34(44)50-36)49-37(46)39-18-11-19-41-22-20-40(7)21-23-41/h10,12-15,26,28-33,35-36,42-43,45,47H,9,11,16-25H2,1-8H3,(H,39,46)/b12-10+,15-14+,27-13+. The quantitative estimate of drug-likeness (QED) is 0.0734. The Kier molecular flexibility index (Phi) is 19.2. The summed E-state index contributed by atoms with van der Waals surface area (Å²) in [7, 11) is 3.76. The fraction of sp³-hybridized carbons (Fsp3) is 0.789. The van der Waals surface area contributed by atoms with Crippen LogP contribution in [0.25, 0.3) is 0 Å². The Morgan fingerprint density at radius 3 is 2.52 bits per heavy atom. The molecule has 0 aromatic rings. The van der Waals surface area contributed by atoms with E-state index >= 15 is 0 Å². The largest absolute Gasteiger partial charge is 0.457 e. The van der Waals surface area contributed by atoms with Crippen molar-refractivity contribution < 1.29 is 44.2 Å². The SMILES string of the molecule is CCC(OC)C(C)CC(O)C(O)C(C)/C=C/C=C(\C)C1OC(=O)CC(O)CCC(C)(O)C(OC(=O)NCCCN2CCN(C)CC2)/C=C/C1C. The molecule has 1 fully saturated rings. The van der Waals surface area contributed by atoms with E-state index in [1.807, 2.05) is 34.6 Å². The van der Waals surface area contributed by atoms with Crippen LogP contribution in [0.1, 0.15) is 80.1 Å². The average Bonchev–Trinajstić information content (AvgIpc) is 3.06. The smallest absolute Gasteiger partial charge is 0.407 e. The van der Waals surface area contributed by atoms with Crippen LogP contribution in [-0.2, 0) is 19.0 Å². The topological polar surface area (TPSA) is 161 Å². The first-order chi connectivity index (χ1) is 23.6. The van der Waals surface area contributed by atoms with Gasteiger partial charge in [-0.3, -0.25) is 4.79 Å². The normalized spacial score (nSPS) is 30.3. The number of nitrogens with zero attached hydrogens (tertiary/aromatic N) is 2. The van der Waals surface area contributed by atoms with Gasteiger partial charge in [-0.1, -0.05) is 52.0 Å². The molecule has 2 aliphatic heterocycles. The Hall–Kier alpha value is -2.32. The molecule has 0 saturated carbocycles. The van der Waals surface area contributed by atoms with Crippen molar-refractivity contribution in [1.82, 2.24) is 15.1 Å². The van der Waals surface area contributed by atoms with Crippen molar-refractivity contribution in [3.8, 4) is 0 Å². The summed E-state index contributed by atoms with van der Waals surface area (Å²) in [5, 5.41) is 46.2. The molecule has 288 valence electrons. The Morgan fingerprint density at radius 2 is 1.88 bits per heavy atom. The number of aliphatic hydroxyl groups excluding tert-OH is 3. The lowest BCUT2D eigenvalue weighted by Crippen LogP contribution is -2.46. The molecule has 0 radical (unpaired) electrons. The zero-order chi connectivity index (χ0) is 37.4. The number of hydrogen-bond acceptors (Lipinski definition) is 11. The highest BCUT2D eigenvalue weighted by Gasteiger charge is 2.35. The van der Waals surface area contributed by atoms with E-state index in [0.29, 0.717) is 18.5 Å². The number of amides is 1. The van der Waals surface area contributed by atoms with Crippen LogP contribution in [0, 0.1) is 17.8 Å². The van der Waals surface area contributed by atoms with E-state index in [1.54, 1.807) is 44.4 Å². The third-order valence-electron chi connectivity index (χ3n) is 10.2. The highest BCUT2D eigenvalue weighted by molar-refractivity contribution is 5.70. The fourth-order valence-corrected chi connectivity index (χ4v) is 6.59. The predicted octanol–water partition coefficient (Wildman–Crippen LogP) is 3.43. The fourth-order valence-electron chi connectivity index (χ4n) is 6.59. The number of aliphatic hydroxyl groups is 4. The third kappa shape index (κ3) is 15.1. The highest BCUT2D eigenvalue weighted by Crippen LogP contribution is 2.27. The van der Waals surface area contributed by atoms with Crippen molar-refractivity contribution in [3.05, 3.63) is 36.0 Å². The number of nitrogens with one attached hydrogen (secondary N) is 1. The molecule has 10 unspecified atom stereocenters. The van der Waals surface area contributed by atoms with E-state index in [1.165, 1.54) is 0 Å². The molecule has 2 heterocycles. The Labute approximate surface area is 300 Å². The summed E-state index contributed by atoms with van der Waals surface area (Å²) in [6, 6.07) is 0. The monoisotopic (exact) mass is 709 g/mol. The minimum Gasteiger partial charge on any atom is -0.457 e. The molecule has 0 aliphatic carbocycles. The molecule has 0 bridgehead atoms. The van der Waals surface area contributed by atoms with Crippen molar-refractivity contribution >= 4 is 12.1 Å². The predicted molar refractivity (Wildman–Crippen MR) is 194 cm³/mol. The molecule has 10 atom stereocenters. The van der Waals surface area contributed by atoms with Gasteiger partial charge in [0, 0.05) is 51.7 Å². The van der Waals surface area contributed by atoms with Crippen molar-refractivity contribution in [3.63, 3.8) is 0 Å². The number of alkyl carbamates (subject to hydrolysis) is 1. The van der Waals surface area contributed by atoms with E-state index in [0.717, 1.165) is 45.6 Å². The minimum atomic E-state index is -1.50. The number of piperazine rings is 1. The molecular weight excluding hydrogens is 642 g/mol. The number of likely N-dealkylation sites (N-methyl/N-ethyl adjacent to an activating group) is 1. The number of cyclic esters (lactones) is 1. The van der Waals surface area contributed by atoms with Crippen LogP contribution in [0.4, 0.5) is 4.79 Å². The van der Waals surface area contributed by atoms with Gasteiger partial charge in [-0.05, 0) is 77.1 Å². The van der Waals surface area contributed by atoms with Crippen LogP contribution in [0.2, 0.25) is 0 Å². The van der Waals surface area contributed by atoms with Crippen LogP contribution >= 0.6 is 0 Å². The number of carbonyl (C=O) groups is 2. The summed E-state index contributed by atoms with van der Waals surface area (Å²) in [4.78, 5) is 30.3. The highest BCUT2D eigenvalue weighted by atomic mass is 16.6. The van der Waals surface area contributed by atoms with Gasteiger partial charge in [0.05, 0.1) is 30.8 Å². The summed E-state index contributed by atoms with van der Waals surface area (Å²) in [5.41, 5.74) is -0.789.